The number of carbonyl (C=O) groups excluding carboxylic acids is 1. The molecule has 5 rings (SSSR count). The van der Waals surface area contributed by atoms with Gasteiger partial charge in [0.2, 0.25) is 0 Å². The Balaban J connectivity index is 1.43. The molecule has 0 aromatic heterocycles. The van der Waals surface area contributed by atoms with Crippen LogP contribution in [0.5, 0.6) is 0 Å². The van der Waals surface area contributed by atoms with Crippen molar-refractivity contribution in [3.05, 3.63) is 142 Å². The summed E-state index contributed by atoms with van der Waals surface area (Å²) in [5.74, 6) is 14.0. The molecule has 74 heavy (non-hydrogen) atoms. The van der Waals surface area contributed by atoms with Crippen molar-refractivity contribution in [2.24, 2.45) is 0 Å². The van der Waals surface area contributed by atoms with Crippen molar-refractivity contribution in [2.45, 2.75) is 259 Å². The second-order valence-corrected chi connectivity index (χ2v) is 21.9. The molecule has 0 heterocycles. The van der Waals surface area contributed by atoms with Crippen molar-refractivity contribution in [1.82, 2.24) is 0 Å². The number of hydrogen-bond acceptors (Lipinski definition) is 1. The lowest BCUT2D eigenvalue weighted by Crippen LogP contribution is -2.02. The molecule has 0 atom stereocenters. The zero-order valence-electron chi connectivity index (χ0n) is 47.6. The van der Waals surface area contributed by atoms with Crippen molar-refractivity contribution in [2.75, 3.05) is 0 Å². The molecule has 398 valence electrons. The average molecular weight is 994 g/mol. The van der Waals surface area contributed by atoms with E-state index in [9.17, 15) is 0 Å². The number of ketones is 1. The van der Waals surface area contributed by atoms with Crippen molar-refractivity contribution in [1.29, 1.82) is 0 Å². The molecule has 1 aliphatic carbocycles. The molecule has 4 aromatic rings. The summed E-state index contributed by atoms with van der Waals surface area (Å²) in [6, 6.07) is 35.5. The van der Waals surface area contributed by atoms with Crippen LogP contribution >= 0.6 is 0 Å². The van der Waals surface area contributed by atoms with Crippen molar-refractivity contribution >= 4 is 28.1 Å². The topological polar surface area (TPSA) is 17.1 Å². The summed E-state index contributed by atoms with van der Waals surface area (Å²) in [6.07, 6.45) is 46.1. The standard InChI is InChI=1S/C73H100O/c1-5-9-13-17-21-25-29-33-37-41-61-45-53-65(54-46-61)69-70(66-55-47-62(48-56-66)42-38-34-30-26-22-18-14-10-6-2)72(68-59-51-64(52-60-68)44-40-36-32-28-24-20-16-12-8-4)73(74)71(69)67-57-49-63(50-58-67)43-39-35-31-27-23-19-15-11-7-3/h45-60H,5-36,39-40,43-44H2,1-4H3. The van der Waals surface area contributed by atoms with Crippen LogP contribution in [0.15, 0.2) is 97.1 Å². The van der Waals surface area contributed by atoms with Crippen LogP contribution in [0.2, 0.25) is 0 Å². The Morgan fingerprint density at radius 1 is 0.270 bits per heavy atom. The Morgan fingerprint density at radius 3 is 0.811 bits per heavy atom. The maximum atomic E-state index is 15.5. The third kappa shape index (κ3) is 22.2. The maximum absolute atomic E-state index is 15.5. The van der Waals surface area contributed by atoms with E-state index in [1.807, 2.05) is 0 Å². The number of rotatable bonds is 38. The Hall–Kier alpha value is -4.85. The van der Waals surface area contributed by atoms with Crippen LogP contribution in [0.4, 0.5) is 0 Å². The highest BCUT2D eigenvalue weighted by Crippen LogP contribution is 2.50. The molecule has 1 aliphatic rings. The van der Waals surface area contributed by atoms with E-state index < -0.39 is 0 Å². The minimum atomic E-state index is 0.102. The highest BCUT2D eigenvalue weighted by Gasteiger charge is 2.35. The van der Waals surface area contributed by atoms with Gasteiger partial charge in [0.25, 0.3) is 0 Å². The molecule has 0 bridgehead atoms. The molecule has 0 spiro atoms. The van der Waals surface area contributed by atoms with Gasteiger partial charge in [-0.1, -0.05) is 304 Å². The normalized spacial score (nSPS) is 12.4. The zero-order chi connectivity index (χ0) is 52.1. The average Bonchev–Trinajstić information content (AvgIpc) is 3.74. The first-order chi connectivity index (χ1) is 36.6. The summed E-state index contributed by atoms with van der Waals surface area (Å²) in [6.45, 7) is 9.14. The molecule has 0 fully saturated rings. The quantitative estimate of drug-likeness (QED) is 0.0323. The number of benzene rings is 4. The lowest BCUT2D eigenvalue weighted by molar-refractivity contribution is -0.108. The fourth-order valence-corrected chi connectivity index (χ4v) is 10.8. The van der Waals surface area contributed by atoms with Gasteiger partial charge in [0.1, 0.15) is 0 Å². The second kappa shape index (κ2) is 37.8. The monoisotopic (exact) mass is 993 g/mol. The Morgan fingerprint density at radius 2 is 0.514 bits per heavy atom. The first kappa shape index (κ1) is 60.0. The number of carbonyl (C=O) groups is 1. The van der Waals surface area contributed by atoms with E-state index in [4.69, 9.17) is 0 Å². The van der Waals surface area contributed by atoms with E-state index in [1.54, 1.807) is 0 Å². The van der Waals surface area contributed by atoms with Gasteiger partial charge < -0.3 is 0 Å². The summed E-state index contributed by atoms with van der Waals surface area (Å²) in [5, 5.41) is 0. The van der Waals surface area contributed by atoms with E-state index in [0.717, 1.165) is 94.2 Å². The molecular weight excluding hydrogens is 893 g/mol. The van der Waals surface area contributed by atoms with E-state index in [1.165, 1.54) is 204 Å². The van der Waals surface area contributed by atoms with Gasteiger partial charge in [-0.2, -0.15) is 0 Å². The third-order valence-corrected chi connectivity index (χ3v) is 15.5. The molecule has 0 radical (unpaired) electrons. The van der Waals surface area contributed by atoms with E-state index in [-0.39, 0.29) is 5.78 Å². The zero-order valence-corrected chi connectivity index (χ0v) is 47.6. The van der Waals surface area contributed by atoms with Crippen LogP contribution < -0.4 is 0 Å². The number of allylic oxidation sites excluding steroid dienone is 4. The first-order valence-corrected chi connectivity index (χ1v) is 31.0. The van der Waals surface area contributed by atoms with Gasteiger partial charge >= 0.3 is 0 Å². The highest BCUT2D eigenvalue weighted by molar-refractivity contribution is 6.59. The van der Waals surface area contributed by atoms with Crippen LogP contribution in [0, 0.1) is 23.7 Å². The van der Waals surface area contributed by atoms with Gasteiger partial charge in [-0.25, -0.2) is 0 Å². The molecular formula is C73H100O. The van der Waals surface area contributed by atoms with Gasteiger partial charge in [0.05, 0.1) is 0 Å². The molecule has 0 unspecified atom stereocenters. The molecule has 0 saturated carbocycles. The van der Waals surface area contributed by atoms with Gasteiger partial charge in [0.15, 0.2) is 5.78 Å². The lowest BCUT2D eigenvalue weighted by atomic mass is 9.88. The largest absolute Gasteiger partial charge is 0.289 e. The van der Waals surface area contributed by atoms with Crippen LogP contribution in [0.3, 0.4) is 0 Å². The van der Waals surface area contributed by atoms with E-state index in [2.05, 4.69) is 148 Å². The number of unbranched alkanes of at least 4 members (excludes halogenated alkanes) is 30. The molecule has 0 aliphatic heterocycles. The number of Topliss-reactive ketones (excluding diaryl/α,β-unsaturated/α-hetero) is 1. The SMILES string of the molecule is CCCCCCCCCC#Cc1ccc(C2=C(c3ccc(CCCCCCCCCCC)cc3)C(=O)C(c3ccc(CCCCCCCCCCC)cc3)=C2c2ccc(C#CCCCCCCCCC)cc2)cc1. The first-order valence-electron chi connectivity index (χ1n) is 31.0. The van der Waals surface area contributed by atoms with Gasteiger partial charge in [-0.3, -0.25) is 4.79 Å². The molecule has 1 nitrogen and oxygen atoms in total. The fraction of sp³-hybridized carbons (Fsp3) is 0.548. The summed E-state index contributed by atoms with van der Waals surface area (Å²) < 4.78 is 0. The summed E-state index contributed by atoms with van der Waals surface area (Å²) in [4.78, 5) is 15.5. The molecule has 4 aromatic carbocycles. The van der Waals surface area contributed by atoms with Crippen molar-refractivity contribution in [3.8, 4) is 23.7 Å². The van der Waals surface area contributed by atoms with Crippen LogP contribution in [0.25, 0.3) is 22.3 Å². The Bertz CT molecular complexity index is 2160. The lowest BCUT2D eigenvalue weighted by Gasteiger charge is -2.14. The maximum Gasteiger partial charge on any atom is 0.195 e. The molecule has 1 heteroatoms. The van der Waals surface area contributed by atoms with Gasteiger partial charge in [0, 0.05) is 46.3 Å². The summed E-state index contributed by atoms with van der Waals surface area (Å²) in [7, 11) is 0. The Kier molecular flexibility index (Phi) is 30.7. The smallest absolute Gasteiger partial charge is 0.195 e. The van der Waals surface area contributed by atoms with E-state index >= 15 is 4.79 Å². The van der Waals surface area contributed by atoms with Crippen LogP contribution in [-0.4, -0.2) is 5.78 Å². The van der Waals surface area contributed by atoms with Crippen LogP contribution in [0.1, 0.15) is 291 Å². The fourth-order valence-electron chi connectivity index (χ4n) is 10.8. The molecule has 0 N–H and O–H groups in total. The van der Waals surface area contributed by atoms with Crippen LogP contribution in [-0.2, 0) is 17.6 Å². The molecule has 0 amide bonds. The predicted molar refractivity (Wildman–Crippen MR) is 325 cm³/mol. The second-order valence-electron chi connectivity index (χ2n) is 21.9. The number of hydrogen-bond donors (Lipinski definition) is 0. The minimum absolute atomic E-state index is 0.102. The van der Waals surface area contributed by atoms with Crippen molar-refractivity contribution < 1.29 is 4.79 Å². The van der Waals surface area contributed by atoms with Gasteiger partial charge in [-0.15, -0.1) is 0 Å². The van der Waals surface area contributed by atoms with E-state index in [0.29, 0.717) is 0 Å². The summed E-state index contributed by atoms with van der Waals surface area (Å²) in [5.41, 5.74) is 12.4. The third-order valence-electron chi connectivity index (χ3n) is 15.5. The number of aryl methyl sites for hydroxylation is 2. The van der Waals surface area contributed by atoms with Gasteiger partial charge in [-0.05, 0) is 96.2 Å². The minimum Gasteiger partial charge on any atom is -0.289 e. The van der Waals surface area contributed by atoms with Crippen molar-refractivity contribution in [3.63, 3.8) is 0 Å². The summed E-state index contributed by atoms with van der Waals surface area (Å²) >= 11 is 0. The highest BCUT2D eigenvalue weighted by atomic mass is 16.1. The Labute approximate surface area is 454 Å². The molecule has 0 saturated heterocycles. The predicted octanol–water partition coefficient (Wildman–Crippen LogP) is 21.9.